The van der Waals surface area contributed by atoms with E-state index in [1.807, 2.05) is 0 Å². The van der Waals surface area contributed by atoms with Crippen molar-refractivity contribution in [2.45, 2.75) is 19.1 Å². The lowest BCUT2D eigenvalue weighted by molar-refractivity contribution is -0.159. The number of nitrogens with zero attached hydrogens (tertiary/aromatic N) is 4. The maximum Gasteiger partial charge on any atom is 0.471 e. The van der Waals surface area contributed by atoms with Gasteiger partial charge in [0.2, 0.25) is 5.82 Å². The second-order valence-electron chi connectivity index (χ2n) is 4.86. The maximum absolute atomic E-state index is 12.6. The van der Waals surface area contributed by atoms with E-state index < -0.39 is 30.0 Å². The Balaban J connectivity index is 2.00. The third kappa shape index (κ3) is 3.41. The molecule has 132 valence electrons. The molecule has 0 spiro atoms. The highest BCUT2D eigenvalue weighted by Gasteiger charge is 2.38. The van der Waals surface area contributed by atoms with Crippen LogP contribution in [-0.4, -0.2) is 24.9 Å². The van der Waals surface area contributed by atoms with Crippen molar-refractivity contribution in [3.8, 4) is 11.4 Å². The number of hydrogen-bond donors (Lipinski definition) is 1. The molecule has 3 aromatic heterocycles. The minimum Gasteiger partial charge on any atom is -0.329 e. The standard InChI is InChI=1S/C13H8F5N5O2/c14-12(15)23-4-2-6(21-23)5-8-7(1-3-19-10(8)24)9-20-11(25-22-9)13(16,17)18/h1-4,12H,5H2,(H,19,24). The first kappa shape index (κ1) is 16.8. The number of alkyl halides is 5. The predicted octanol–water partition coefficient (Wildman–Crippen LogP) is 2.63. The third-order valence-electron chi connectivity index (χ3n) is 3.19. The van der Waals surface area contributed by atoms with Gasteiger partial charge in [-0.1, -0.05) is 5.16 Å². The summed E-state index contributed by atoms with van der Waals surface area (Å²) >= 11 is 0. The molecule has 3 rings (SSSR count). The summed E-state index contributed by atoms with van der Waals surface area (Å²) in [7, 11) is 0. The first-order valence-electron chi connectivity index (χ1n) is 6.69. The molecule has 25 heavy (non-hydrogen) atoms. The Labute approximate surface area is 135 Å². The second-order valence-corrected chi connectivity index (χ2v) is 4.86. The monoisotopic (exact) mass is 361 g/mol. The van der Waals surface area contributed by atoms with Crippen LogP contribution in [0.1, 0.15) is 23.7 Å². The molecule has 0 atom stereocenters. The molecule has 0 amide bonds. The van der Waals surface area contributed by atoms with Gasteiger partial charge in [-0.2, -0.15) is 32.0 Å². The molecule has 0 fully saturated rings. The van der Waals surface area contributed by atoms with Gasteiger partial charge in [0.05, 0.1) is 5.69 Å². The Hall–Kier alpha value is -3.05. The van der Waals surface area contributed by atoms with E-state index in [2.05, 4.69) is 24.7 Å². The fraction of sp³-hybridized carbons (Fsp3) is 0.231. The van der Waals surface area contributed by atoms with Crippen LogP contribution >= 0.6 is 0 Å². The topological polar surface area (TPSA) is 89.6 Å². The van der Waals surface area contributed by atoms with Crippen molar-refractivity contribution in [3.05, 3.63) is 52.0 Å². The minimum atomic E-state index is -4.83. The Kier molecular flexibility index (Phi) is 4.10. The molecular weight excluding hydrogens is 353 g/mol. The summed E-state index contributed by atoms with van der Waals surface area (Å²) < 4.78 is 67.4. The van der Waals surface area contributed by atoms with Crippen molar-refractivity contribution in [3.63, 3.8) is 0 Å². The average Bonchev–Trinajstić information content (AvgIpc) is 3.18. The van der Waals surface area contributed by atoms with E-state index in [1.165, 1.54) is 18.3 Å². The van der Waals surface area contributed by atoms with Gasteiger partial charge in [0.25, 0.3) is 5.56 Å². The summed E-state index contributed by atoms with van der Waals surface area (Å²) in [5.74, 6) is -2.00. The molecule has 0 aliphatic heterocycles. The van der Waals surface area contributed by atoms with E-state index in [1.54, 1.807) is 0 Å². The number of H-pyrrole nitrogens is 1. The Bertz CT molecular complexity index is 943. The molecule has 3 heterocycles. The molecular formula is C13H8F5N5O2. The van der Waals surface area contributed by atoms with Crippen LogP contribution in [0.4, 0.5) is 22.0 Å². The first-order chi connectivity index (χ1) is 11.8. The lowest BCUT2D eigenvalue weighted by Gasteiger charge is -2.03. The predicted molar refractivity (Wildman–Crippen MR) is 71.6 cm³/mol. The molecule has 1 N–H and O–H groups in total. The van der Waals surface area contributed by atoms with Crippen LogP contribution < -0.4 is 5.56 Å². The molecule has 0 radical (unpaired) electrons. The van der Waals surface area contributed by atoms with Crippen molar-refractivity contribution in [1.29, 1.82) is 0 Å². The highest BCUT2D eigenvalue weighted by Crippen LogP contribution is 2.30. The van der Waals surface area contributed by atoms with E-state index in [9.17, 15) is 26.7 Å². The van der Waals surface area contributed by atoms with Crippen LogP contribution in [0.5, 0.6) is 0 Å². The van der Waals surface area contributed by atoms with Gasteiger partial charge in [-0.25, -0.2) is 4.68 Å². The Morgan fingerprint density at radius 1 is 1.28 bits per heavy atom. The van der Waals surface area contributed by atoms with Crippen molar-refractivity contribution in [2.75, 3.05) is 0 Å². The van der Waals surface area contributed by atoms with E-state index >= 15 is 0 Å². The summed E-state index contributed by atoms with van der Waals surface area (Å²) in [6.07, 6.45) is -2.82. The highest BCUT2D eigenvalue weighted by molar-refractivity contribution is 5.59. The molecule has 0 aromatic carbocycles. The van der Waals surface area contributed by atoms with Gasteiger partial charge in [-0.3, -0.25) is 4.79 Å². The lowest BCUT2D eigenvalue weighted by Crippen LogP contribution is -2.14. The highest BCUT2D eigenvalue weighted by atomic mass is 19.4. The van der Waals surface area contributed by atoms with Gasteiger partial charge in [0.15, 0.2) is 0 Å². The minimum absolute atomic E-state index is 0.0189. The Morgan fingerprint density at radius 3 is 2.64 bits per heavy atom. The quantitative estimate of drug-likeness (QED) is 0.722. The molecule has 0 saturated carbocycles. The van der Waals surface area contributed by atoms with Crippen LogP contribution in [0.25, 0.3) is 11.4 Å². The summed E-state index contributed by atoms with van der Waals surface area (Å²) in [6.45, 7) is -2.85. The van der Waals surface area contributed by atoms with Crippen LogP contribution in [-0.2, 0) is 12.6 Å². The smallest absolute Gasteiger partial charge is 0.329 e. The second kappa shape index (κ2) is 6.11. The summed E-state index contributed by atoms with van der Waals surface area (Å²) in [5.41, 5.74) is -0.564. The van der Waals surface area contributed by atoms with Crippen molar-refractivity contribution < 1.29 is 26.5 Å². The largest absolute Gasteiger partial charge is 0.471 e. The van der Waals surface area contributed by atoms with E-state index in [-0.39, 0.29) is 23.2 Å². The number of rotatable bonds is 4. The van der Waals surface area contributed by atoms with Crippen molar-refractivity contribution >= 4 is 0 Å². The van der Waals surface area contributed by atoms with Crippen LogP contribution in [0.2, 0.25) is 0 Å². The van der Waals surface area contributed by atoms with Crippen molar-refractivity contribution in [1.82, 2.24) is 24.9 Å². The number of halogens is 5. The zero-order chi connectivity index (χ0) is 18.2. The van der Waals surface area contributed by atoms with E-state index in [0.717, 1.165) is 6.20 Å². The fourth-order valence-corrected chi connectivity index (χ4v) is 2.11. The number of pyridine rings is 1. The van der Waals surface area contributed by atoms with Crippen LogP contribution in [0.3, 0.4) is 0 Å². The zero-order valence-electron chi connectivity index (χ0n) is 12.1. The van der Waals surface area contributed by atoms with Gasteiger partial charge in [-0.15, -0.1) is 0 Å². The third-order valence-corrected chi connectivity index (χ3v) is 3.19. The molecule has 3 aromatic rings. The molecule has 0 aliphatic rings. The first-order valence-corrected chi connectivity index (χ1v) is 6.69. The summed E-state index contributed by atoms with van der Waals surface area (Å²) in [4.78, 5) is 17.6. The van der Waals surface area contributed by atoms with Gasteiger partial charge < -0.3 is 9.51 Å². The summed E-state index contributed by atoms with van der Waals surface area (Å²) in [5, 5.41) is 6.82. The van der Waals surface area contributed by atoms with E-state index in [4.69, 9.17) is 0 Å². The average molecular weight is 361 g/mol. The maximum atomic E-state index is 12.6. The van der Waals surface area contributed by atoms with Crippen molar-refractivity contribution in [2.24, 2.45) is 0 Å². The van der Waals surface area contributed by atoms with Gasteiger partial charge >= 0.3 is 18.6 Å². The number of aromatic nitrogens is 5. The zero-order valence-corrected chi connectivity index (χ0v) is 12.1. The number of nitrogens with one attached hydrogen (secondary N) is 1. The molecule has 12 heteroatoms. The lowest BCUT2D eigenvalue weighted by atomic mass is 10.1. The molecule has 0 aliphatic carbocycles. The normalized spacial score (nSPS) is 12.1. The van der Waals surface area contributed by atoms with Gasteiger partial charge in [-0.05, 0) is 12.1 Å². The van der Waals surface area contributed by atoms with Crippen LogP contribution in [0, 0.1) is 0 Å². The SMILES string of the molecule is O=c1[nH]ccc(-c2noc(C(F)(F)F)n2)c1Cc1ccn(C(F)F)n1. The molecule has 0 bridgehead atoms. The van der Waals surface area contributed by atoms with E-state index in [0.29, 0.717) is 4.68 Å². The molecule has 0 saturated heterocycles. The summed E-state index contributed by atoms with van der Waals surface area (Å²) in [6, 6.07) is 2.55. The van der Waals surface area contributed by atoms with Gasteiger partial charge in [0, 0.05) is 29.9 Å². The Morgan fingerprint density at radius 2 is 2.04 bits per heavy atom. The fourth-order valence-electron chi connectivity index (χ4n) is 2.11. The number of hydrogen-bond acceptors (Lipinski definition) is 5. The van der Waals surface area contributed by atoms with Gasteiger partial charge in [0.1, 0.15) is 0 Å². The molecule has 7 nitrogen and oxygen atoms in total. The number of aromatic amines is 1. The van der Waals surface area contributed by atoms with Crippen LogP contribution in [0.15, 0.2) is 33.8 Å². The molecule has 0 unspecified atom stereocenters.